The van der Waals surface area contributed by atoms with Gasteiger partial charge in [-0.2, -0.15) is 10.1 Å². The summed E-state index contributed by atoms with van der Waals surface area (Å²) in [6.45, 7) is 1.70. The number of carbonyl (C=O) groups excluding carboxylic acids is 1. The Bertz CT molecular complexity index is 775. The van der Waals surface area contributed by atoms with E-state index < -0.39 is 5.72 Å². The van der Waals surface area contributed by atoms with Crippen molar-refractivity contribution in [1.29, 1.82) is 0 Å². The Morgan fingerprint density at radius 1 is 1.41 bits per heavy atom. The highest BCUT2D eigenvalue weighted by atomic mass is 16.3. The molecule has 1 amide bonds. The number of hydrazone groups is 1. The second-order valence-electron chi connectivity index (χ2n) is 6.35. The topological polar surface area (TPSA) is 68.7 Å². The zero-order valence-electron chi connectivity index (χ0n) is 12.5. The van der Waals surface area contributed by atoms with Gasteiger partial charge in [0.15, 0.2) is 5.72 Å². The summed E-state index contributed by atoms with van der Waals surface area (Å²) in [5, 5.41) is 17.5. The first-order chi connectivity index (χ1) is 10.6. The molecule has 0 bridgehead atoms. The maximum Gasteiger partial charge on any atom is 0.277 e. The van der Waals surface area contributed by atoms with Crippen molar-refractivity contribution in [2.24, 2.45) is 11.0 Å². The van der Waals surface area contributed by atoms with E-state index in [0.29, 0.717) is 5.56 Å². The molecule has 1 aromatic carbocycles. The Morgan fingerprint density at radius 2 is 2.27 bits per heavy atom. The molecule has 2 aliphatic rings. The van der Waals surface area contributed by atoms with Gasteiger partial charge in [-0.3, -0.25) is 4.79 Å². The first kappa shape index (κ1) is 13.5. The molecule has 0 radical (unpaired) electrons. The van der Waals surface area contributed by atoms with E-state index in [1.54, 1.807) is 13.0 Å². The summed E-state index contributed by atoms with van der Waals surface area (Å²) in [6.07, 6.45) is 5.74. The van der Waals surface area contributed by atoms with Gasteiger partial charge < -0.3 is 10.1 Å². The molecule has 2 atom stereocenters. The number of nitrogens with zero attached hydrogens (tertiary/aromatic N) is 2. The van der Waals surface area contributed by atoms with Crippen molar-refractivity contribution in [2.45, 2.75) is 38.3 Å². The molecule has 114 valence electrons. The molecule has 4 rings (SSSR count). The highest BCUT2D eigenvalue weighted by molar-refractivity contribution is 6.07. The number of fused-ring (bicyclic) bond motifs is 2. The van der Waals surface area contributed by atoms with Crippen LogP contribution in [0.25, 0.3) is 10.9 Å². The molecule has 0 spiro atoms. The van der Waals surface area contributed by atoms with Gasteiger partial charge in [0.1, 0.15) is 0 Å². The van der Waals surface area contributed by atoms with Gasteiger partial charge in [0.2, 0.25) is 0 Å². The third-order valence-electron chi connectivity index (χ3n) is 4.91. The van der Waals surface area contributed by atoms with Crippen molar-refractivity contribution in [3.05, 3.63) is 36.0 Å². The van der Waals surface area contributed by atoms with Gasteiger partial charge in [-0.05, 0) is 44.4 Å². The summed E-state index contributed by atoms with van der Waals surface area (Å²) in [5.41, 5.74) is 1.22. The van der Waals surface area contributed by atoms with Crippen LogP contribution in [0.5, 0.6) is 0 Å². The third kappa shape index (κ3) is 1.82. The fourth-order valence-corrected chi connectivity index (χ4v) is 3.72. The number of hydrogen-bond acceptors (Lipinski definition) is 3. The minimum Gasteiger partial charge on any atom is -0.369 e. The maximum absolute atomic E-state index is 13.0. The van der Waals surface area contributed by atoms with E-state index in [1.165, 1.54) is 5.01 Å². The van der Waals surface area contributed by atoms with Crippen LogP contribution in [-0.2, 0) is 0 Å². The van der Waals surface area contributed by atoms with Gasteiger partial charge in [-0.1, -0.05) is 12.5 Å². The highest BCUT2D eigenvalue weighted by Gasteiger charge is 2.49. The van der Waals surface area contributed by atoms with Crippen molar-refractivity contribution in [2.75, 3.05) is 0 Å². The molecule has 2 N–H and O–H groups in total. The molecule has 2 heterocycles. The minimum atomic E-state index is -1.23. The fourth-order valence-electron chi connectivity index (χ4n) is 3.72. The fraction of sp³-hybridized carbons (Fsp3) is 0.412. The van der Waals surface area contributed by atoms with Crippen molar-refractivity contribution < 1.29 is 9.90 Å². The average molecular weight is 297 g/mol. The van der Waals surface area contributed by atoms with Crippen LogP contribution in [0.2, 0.25) is 0 Å². The van der Waals surface area contributed by atoms with Gasteiger partial charge in [0, 0.05) is 28.7 Å². The van der Waals surface area contributed by atoms with E-state index in [2.05, 4.69) is 10.1 Å². The Balaban J connectivity index is 1.76. The zero-order chi connectivity index (χ0) is 15.3. The number of nitrogens with one attached hydrogen (secondary N) is 1. The van der Waals surface area contributed by atoms with Crippen LogP contribution in [0.1, 0.15) is 43.0 Å². The number of aromatic amines is 1. The van der Waals surface area contributed by atoms with Crippen LogP contribution in [-0.4, -0.2) is 32.4 Å². The molecule has 0 saturated heterocycles. The number of benzene rings is 1. The van der Waals surface area contributed by atoms with E-state index in [9.17, 15) is 9.90 Å². The lowest BCUT2D eigenvalue weighted by molar-refractivity contribution is -0.0851. The van der Waals surface area contributed by atoms with Crippen LogP contribution >= 0.6 is 0 Å². The lowest BCUT2D eigenvalue weighted by Gasteiger charge is -2.34. The first-order valence-electron chi connectivity index (χ1n) is 7.79. The van der Waals surface area contributed by atoms with E-state index >= 15 is 0 Å². The van der Waals surface area contributed by atoms with Crippen molar-refractivity contribution >= 4 is 22.5 Å². The van der Waals surface area contributed by atoms with Crippen LogP contribution in [0.4, 0.5) is 0 Å². The number of hydrogen-bond donors (Lipinski definition) is 2. The number of amides is 1. The van der Waals surface area contributed by atoms with Crippen LogP contribution in [0, 0.1) is 5.92 Å². The Labute approximate surface area is 128 Å². The van der Waals surface area contributed by atoms with Gasteiger partial charge >= 0.3 is 0 Å². The minimum absolute atomic E-state index is 0.0318. The van der Waals surface area contributed by atoms with Gasteiger partial charge in [0.25, 0.3) is 5.91 Å². The molecular weight excluding hydrogens is 278 g/mol. The molecule has 5 heteroatoms. The predicted molar refractivity (Wildman–Crippen MR) is 84.5 cm³/mol. The summed E-state index contributed by atoms with van der Waals surface area (Å²) < 4.78 is 0. The number of aromatic nitrogens is 1. The SMILES string of the molecule is CC1(O)C2CCCCC2=NN1C(=O)c1cccc2[nH]ccc12. The molecule has 1 fully saturated rings. The second-order valence-corrected chi connectivity index (χ2v) is 6.35. The smallest absolute Gasteiger partial charge is 0.277 e. The predicted octanol–water partition coefficient (Wildman–Crippen LogP) is 2.88. The molecule has 1 aromatic heterocycles. The van der Waals surface area contributed by atoms with E-state index in [-0.39, 0.29) is 11.8 Å². The molecule has 22 heavy (non-hydrogen) atoms. The van der Waals surface area contributed by atoms with Crippen LogP contribution < -0.4 is 0 Å². The summed E-state index contributed by atoms with van der Waals surface area (Å²) in [5.74, 6) is -0.271. The molecule has 5 nitrogen and oxygen atoms in total. The number of carbonyl (C=O) groups is 1. The zero-order valence-corrected chi connectivity index (χ0v) is 12.5. The van der Waals surface area contributed by atoms with Gasteiger partial charge in [0.05, 0.1) is 5.56 Å². The van der Waals surface area contributed by atoms with Crippen molar-refractivity contribution in [3.63, 3.8) is 0 Å². The van der Waals surface area contributed by atoms with Crippen LogP contribution in [0.15, 0.2) is 35.6 Å². The third-order valence-corrected chi connectivity index (χ3v) is 4.91. The van der Waals surface area contributed by atoms with E-state index in [0.717, 1.165) is 42.3 Å². The van der Waals surface area contributed by atoms with E-state index in [1.807, 2.05) is 24.4 Å². The van der Waals surface area contributed by atoms with E-state index in [4.69, 9.17) is 0 Å². The molecule has 1 aliphatic heterocycles. The maximum atomic E-state index is 13.0. The quantitative estimate of drug-likeness (QED) is 0.849. The summed E-state index contributed by atoms with van der Waals surface area (Å²) in [4.78, 5) is 16.1. The average Bonchev–Trinajstić information content (AvgIpc) is 3.09. The Morgan fingerprint density at radius 3 is 3.09 bits per heavy atom. The van der Waals surface area contributed by atoms with Crippen molar-refractivity contribution in [3.8, 4) is 0 Å². The first-order valence-corrected chi connectivity index (χ1v) is 7.79. The lowest BCUT2D eigenvalue weighted by atomic mass is 9.81. The molecule has 2 aromatic rings. The molecule has 1 saturated carbocycles. The number of H-pyrrole nitrogens is 1. The second kappa shape index (κ2) is 4.68. The molecular formula is C17H19N3O2. The molecule has 2 unspecified atom stereocenters. The lowest BCUT2D eigenvalue weighted by Crippen LogP contribution is -2.49. The number of rotatable bonds is 1. The standard InChI is InChI=1S/C17H19N3O2/c1-17(22)13-6-2-3-7-15(13)19-20(17)16(21)12-5-4-8-14-11(12)9-10-18-14/h4-5,8-10,13,18,22H,2-3,6-7H2,1H3. The van der Waals surface area contributed by atoms with Crippen LogP contribution in [0.3, 0.4) is 0 Å². The summed E-state index contributed by atoms with van der Waals surface area (Å²) >= 11 is 0. The monoisotopic (exact) mass is 297 g/mol. The Kier molecular flexibility index (Phi) is 2.87. The largest absolute Gasteiger partial charge is 0.369 e. The number of aliphatic hydroxyl groups is 1. The van der Waals surface area contributed by atoms with Crippen molar-refractivity contribution in [1.82, 2.24) is 9.99 Å². The highest BCUT2D eigenvalue weighted by Crippen LogP contribution is 2.39. The van der Waals surface area contributed by atoms with Gasteiger partial charge in [-0.25, -0.2) is 0 Å². The molecule has 1 aliphatic carbocycles. The normalized spacial score (nSPS) is 27.8. The Hall–Kier alpha value is -2.14. The summed E-state index contributed by atoms with van der Waals surface area (Å²) in [6, 6.07) is 7.45. The summed E-state index contributed by atoms with van der Waals surface area (Å²) in [7, 11) is 0. The van der Waals surface area contributed by atoms with Gasteiger partial charge in [-0.15, -0.1) is 0 Å².